The number of amides is 1. The normalized spacial score (nSPS) is 10.1. The van der Waals surface area contributed by atoms with E-state index in [4.69, 9.17) is 0 Å². The van der Waals surface area contributed by atoms with Crippen molar-refractivity contribution in [3.63, 3.8) is 0 Å². The molecule has 21 heavy (non-hydrogen) atoms. The Labute approximate surface area is 121 Å². The molecule has 6 nitrogen and oxygen atoms in total. The first-order chi connectivity index (χ1) is 10.1. The second kappa shape index (κ2) is 6.51. The van der Waals surface area contributed by atoms with Crippen molar-refractivity contribution in [1.82, 2.24) is 5.32 Å². The van der Waals surface area contributed by atoms with Gasteiger partial charge < -0.3 is 15.5 Å². The van der Waals surface area contributed by atoms with E-state index in [0.717, 1.165) is 5.56 Å². The van der Waals surface area contributed by atoms with Gasteiger partial charge in [0, 0.05) is 12.1 Å². The highest BCUT2D eigenvalue weighted by Gasteiger charge is 2.08. The van der Waals surface area contributed by atoms with Gasteiger partial charge in [0.15, 0.2) is 0 Å². The van der Waals surface area contributed by atoms with Crippen LogP contribution in [-0.4, -0.2) is 16.1 Å². The Morgan fingerprint density at radius 2 is 1.81 bits per heavy atom. The minimum Gasteiger partial charge on any atom is -0.508 e. The Bertz CT molecular complexity index is 653. The lowest BCUT2D eigenvalue weighted by Gasteiger charge is -2.07. The van der Waals surface area contributed by atoms with Gasteiger partial charge in [0.25, 0.3) is 0 Å². The lowest BCUT2D eigenvalue weighted by molar-refractivity contribution is -0.120. The Kier molecular flexibility index (Phi) is 4.50. The maximum Gasteiger partial charge on any atom is 0.224 e. The summed E-state index contributed by atoms with van der Waals surface area (Å²) in [7, 11) is 0. The summed E-state index contributed by atoms with van der Waals surface area (Å²) in [6, 6.07) is 10.6. The van der Waals surface area contributed by atoms with Crippen molar-refractivity contribution in [3.8, 4) is 11.5 Å². The Morgan fingerprint density at radius 3 is 2.48 bits per heavy atom. The second-order valence-corrected chi connectivity index (χ2v) is 4.52. The van der Waals surface area contributed by atoms with Crippen LogP contribution in [0.2, 0.25) is 0 Å². The van der Waals surface area contributed by atoms with Crippen LogP contribution in [0.15, 0.2) is 47.6 Å². The number of nitroso groups, excluding NO2 is 1. The average molecular weight is 286 g/mol. The Hall–Kier alpha value is -2.89. The number of hydrogen-bond acceptors (Lipinski definition) is 5. The molecule has 6 heteroatoms. The first kappa shape index (κ1) is 14.5. The third kappa shape index (κ3) is 4.04. The quantitative estimate of drug-likeness (QED) is 0.580. The highest BCUT2D eigenvalue weighted by Crippen LogP contribution is 2.22. The van der Waals surface area contributed by atoms with Crippen molar-refractivity contribution in [2.24, 2.45) is 5.18 Å². The van der Waals surface area contributed by atoms with Gasteiger partial charge in [0.05, 0.1) is 6.42 Å². The fraction of sp³-hybridized carbons (Fsp3) is 0.133. The molecular weight excluding hydrogens is 272 g/mol. The molecule has 0 aliphatic carbocycles. The summed E-state index contributed by atoms with van der Waals surface area (Å²) in [6.07, 6.45) is -0.0335. The molecule has 108 valence electrons. The zero-order valence-electron chi connectivity index (χ0n) is 11.1. The number of nitrogens with one attached hydrogen (secondary N) is 1. The Morgan fingerprint density at radius 1 is 1.10 bits per heavy atom. The fourth-order valence-electron chi connectivity index (χ4n) is 1.82. The van der Waals surface area contributed by atoms with E-state index >= 15 is 0 Å². The predicted molar refractivity (Wildman–Crippen MR) is 77.2 cm³/mol. The maximum absolute atomic E-state index is 11.8. The maximum atomic E-state index is 11.8. The van der Waals surface area contributed by atoms with Crippen molar-refractivity contribution in [3.05, 3.63) is 58.5 Å². The van der Waals surface area contributed by atoms with Crippen molar-refractivity contribution in [2.75, 3.05) is 0 Å². The predicted octanol–water partition coefficient (Wildman–Crippen LogP) is 2.35. The molecule has 0 aliphatic heterocycles. The van der Waals surface area contributed by atoms with Crippen molar-refractivity contribution in [1.29, 1.82) is 0 Å². The number of benzene rings is 2. The van der Waals surface area contributed by atoms with Crippen LogP contribution in [0.5, 0.6) is 11.5 Å². The van der Waals surface area contributed by atoms with E-state index in [1.807, 2.05) is 0 Å². The molecule has 2 aromatic rings. The van der Waals surface area contributed by atoms with E-state index in [1.54, 1.807) is 24.3 Å². The Balaban J connectivity index is 1.92. The van der Waals surface area contributed by atoms with E-state index in [0.29, 0.717) is 17.8 Å². The lowest BCUT2D eigenvalue weighted by Crippen LogP contribution is -2.24. The van der Waals surface area contributed by atoms with Crippen LogP contribution >= 0.6 is 0 Å². The van der Waals surface area contributed by atoms with Crippen molar-refractivity contribution in [2.45, 2.75) is 13.0 Å². The number of carbonyl (C=O) groups excluding carboxylic acids is 1. The van der Waals surface area contributed by atoms with Crippen LogP contribution in [0.3, 0.4) is 0 Å². The van der Waals surface area contributed by atoms with E-state index in [2.05, 4.69) is 10.5 Å². The second-order valence-electron chi connectivity index (χ2n) is 4.52. The molecule has 3 N–H and O–H groups in total. The van der Waals surface area contributed by atoms with Crippen molar-refractivity contribution < 1.29 is 15.0 Å². The summed E-state index contributed by atoms with van der Waals surface area (Å²) in [5.41, 5.74) is 1.51. The number of nitrogens with zero attached hydrogens (tertiary/aromatic N) is 1. The van der Waals surface area contributed by atoms with Crippen LogP contribution < -0.4 is 5.32 Å². The lowest BCUT2D eigenvalue weighted by atomic mass is 10.1. The number of hydrogen-bond donors (Lipinski definition) is 3. The van der Waals surface area contributed by atoms with Gasteiger partial charge in [0.1, 0.15) is 17.2 Å². The molecule has 0 fully saturated rings. The molecule has 0 saturated carbocycles. The molecule has 0 radical (unpaired) electrons. The molecule has 0 unspecified atom stereocenters. The van der Waals surface area contributed by atoms with Crippen molar-refractivity contribution >= 4 is 11.6 Å². The molecule has 0 saturated heterocycles. The molecule has 0 spiro atoms. The molecule has 0 atom stereocenters. The van der Waals surface area contributed by atoms with Crippen LogP contribution in [0.1, 0.15) is 11.1 Å². The van der Waals surface area contributed by atoms with Gasteiger partial charge in [-0.15, -0.1) is 4.91 Å². The molecule has 0 bridgehead atoms. The first-order valence-corrected chi connectivity index (χ1v) is 6.28. The highest BCUT2D eigenvalue weighted by molar-refractivity contribution is 5.79. The number of rotatable bonds is 5. The van der Waals surface area contributed by atoms with E-state index in [1.165, 1.54) is 18.2 Å². The minimum atomic E-state index is -0.284. The fourth-order valence-corrected chi connectivity index (χ4v) is 1.82. The molecule has 2 aromatic carbocycles. The zero-order valence-corrected chi connectivity index (χ0v) is 11.1. The van der Waals surface area contributed by atoms with Gasteiger partial charge in [-0.25, -0.2) is 0 Å². The van der Waals surface area contributed by atoms with Crippen LogP contribution in [0.4, 0.5) is 5.69 Å². The van der Waals surface area contributed by atoms with Crippen LogP contribution in [-0.2, 0) is 17.8 Å². The smallest absolute Gasteiger partial charge is 0.224 e. The van der Waals surface area contributed by atoms with Gasteiger partial charge in [-0.2, -0.15) is 0 Å². The summed E-state index contributed by atoms with van der Waals surface area (Å²) in [6.45, 7) is 0.303. The number of carbonyl (C=O) groups is 1. The summed E-state index contributed by atoms with van der Waals surface area (Å²) in [4.78, 5) is 22.1. The number of phenolic OH excluding ortho intramolecular Hbond substituents is 2. The van der Waals surface area contributed by atoms with E-state index < -0.39 is 0 Å². The van der Waals surface area contributed by atoms with Crippen LogP contribution in [0.25, 0.3) is 0 Å². The van der Waals surface area contributed by atoms with Gasteiger partial charge >= 0.3 is 0 Å². The zero-order chi connectivity index (χ0) is 15.2. The van der Waals surface area contributed by atoms with Gasteiger partial charge in [-0.1, -0.05) is 12.1 Å². The summed E-state index contributed by atoms with van der Waals surface area (Å²) in [5.74, 6) is -0.328. The summed E-state index contributed by atoms with van der Waals surface area (Å²) >= 11 is 0. The van der Waals surface area contributed by atoms with E-state index in [9.17, 15) is 19.9 Å². The molecule has 0 heterocycles. The standard InChI is InChI=1S/C15H14N2O4/c18-13-5-6-14(19)11(7-13)8-15(20)16-9-10-1-3-12(17-21)4-2-10/h1-7,18-19H,8-9H2,(H,16,20). The van der Waals surface area contributed by atoms with Gasteiger partial charge in [-0.3, -0.25) is 4.79 Å². The van der Waals surface area contributed by atoms with E-state index in [-0.39, 0.29) is 23.8 Å². The minimum absolute atomic E-state index is 0.00690. The number of aromatic hydroxyl groups is 2. The average Bonchev–Trinajstić information content (AvgIpc) is 2.49. The molecule has 0 aliphatic rings. The summed E-state index contributed by atoms with van der Waals surface area (Å²) in [5, 5.41) is 24.4. The monoisotopic (exact) mass is 286 g/mol. The summed E-state index contributed by atoms with van der Waals surface area (Å²) < 4.78 is 0. The van der Waals surface area contributed by atoms with Gasteiger partial charge in [-0.05, 0) is 41.1 Å². The SMILES string of the molecule is O=Nc1ccc(CNC(=O)Cc2cc(O)ccc2O)cc1. The third-order valence-electron chi connectivity index (χ3n) is 2.95. The highest BCUT2D eigenvalue weighted by atomic mass is 16.3. The largest absolute Gasteiger partial charge is 0.508 e. The third-order valence-corrected chi connectivity index (χ3v) is 2.95. The van der Waals surface area contributed by atoms with Crippen LogP contribution in [0, 0.1) is 4.91 Å². The van der Waals surface area contributed by atoms with Gasteiger partial charge in [0.2, 0.25) is 5.91 Å². The number of phenols is 2. The molecular formula is C15H14N2O4. The molecule has 2 rings (SSSR count). The topological polar surface area (TPSA) is 99.0 Å². The first-order valence-electron chi connectivity index (χ1n) is 6.28. The molecule has 1 amide bonds. The molecule has 0 aromatic heterocycles.